The number of amides is 1. The number of nitrogens with one attached hydrogen (secondary N) is 2. The Kier molecular flexibility index (Phi) is 9.70. The SMILES string of the molecule is CNCCC1CCN(CC(=O)Nc2ccc(OC(F)F)cc2)CC1.Cl. The highest BCUT2D eigenvalue weighted by molar-refractivity contribution is 5.92. The van der Waals surface area contributed by atoms with E-state index in [1.165, 1.54) is 18.6 Å². The lowest BCUT2D eigenvalue weighted by Crippen LogP contribution is -2.39. The van der Waals surface area contributed by atoms with E-state index in [-0.39, 0.29) is 24.1 Å². The number of ether oxygens (including phenoxy) is 1. The van der Waals surface area contributed by atoms with Crippen LogP contribution in [0.1, 0.15) is 19.3 Å². The Hall–Kier alpha value is -1.44. The molecule has 2 N–H and O–H groups in total. The lowest BCUT2D eigenvalue weighted by atomic mass is 9.93. The van der Waals surface area contributed by atoms with Crippen molar-refractivity contribution < 1.29 is 18.3 Å². The fourth-order valence-corrected chi connectivity index (χ4v) is 2.91. The van der Waals surface area contributed by atoms with Crippen LogP contribution in [0.25, 0.3) is 0 Å². The summed E-state index contributed by atoms with van der Waals surface area (Å²) in [5.74, 6) is 0.719. The van der Waals surface area contributed by atoms with Crippen LogP contribution in [0.2, 0.25) is 0 Å². The molecule has 0 aliphatic carbocycles. The second-order valence-electron chi connectivity index (χ2n) is 6.06. The van der Waals surface area contributed by atoms with Crippen LogP contribution in [0.5, 0.6) is 5.75 Å². The second kappa shape index (κ2) is 11.2. The molecule has 0 radical (unpaired) electrons. The molecule has 0 atom stereocenters. The first kappa shape index (κ1) is 21.6. The Morgan fingerprint density at radius 2 is 1.92 bits per heavy atom. The topological polar surface area (TPSA) is 53.6 Å². The summed E-state index contributed by atoms with van der Waals surface area (Å²) >= 11 is 0. The van der Waals surface area contributed by atoms with Crippen LogP contribution in [0.4, 0.5) is 14.5 Å². The average Bonchev–Trinajstić information content (AvgIpc) is 2.55. The van der Waals surface area contributed by atoms with Gasteiger partial charge in [-0.1, -0.05) is 0 Å². The molecule has 1 saturated heterocycles. The molecule has 1 aromatic carbocycles. The summed E-state index contributed by atoms with van der Waals surface area (Å²) in [6.07, 6.45) is 3.42. The van der Waals surface area contributed by atoms with Crippen molar-refractivity contribution in [3.63, 3.8) is 0 Å². The van der Waals surface area contributed by atoms with Gasteiger partial charge in [-0.25, -0.2) is 0 Å². The van der Waals surface area contributed by atoms with Gasteiger partial charge in [0.05, 0.1) is 6.54 Å². The van der Waals surface area contributed by atoms with Gasteiger partial charge in [-0.2, -0.15) is 8.78 Å². The third kappa shape index (κ3) is 7.98. The van der Waals surface area contributed by atoms with Crippen LogP contribution in [0.3, 0.4) is 0 Å². The van der Waals surface area contributed by atoms with E-state index in [0.29, 0.717) is 12.2 Å². The van der Waals surface area contributed by atoms with E-state index in [9.17, 15) is 13.6 Å². The van der Waals surface area contributed by atoms with Crippen molar-refractivity contribution in [1.82, 2.24) is 10.2 Å². The number of likely N-dealkylation sites (tertiary alicyclic amines) is 1. The Balaban J connectivity index is 0.00000312. The van der Waals surface area contributed by atoms with Gasteiger partial charge in [0.25, 0.3) is 0 Å². The normalized spacial score (nSPS) is 15.7. The quantitative estimate of drug-likeness (QED) is 0.731. The Morgan fingerprint density at radius 1 is 1.28 bits per heavy atom. The van der Waals surface area contributed by atoms with Crippen molar-refractivity contribution in [3.8, 4) is 5.75 Å². The Bertz CT molecular complexity index is 509. The summed E-state index contributed by atoms with van der Waals surface area (Å²) in [6.45, 7) is 0.414. The number of hydrogen-bond acceptors (Lipinski definition) is 4. The number of halogens is 3. The van der Waals surface area contributed by atoms with Crippen LogP contribution in [0, 0.1) is 5.92 Å². The first-order chi connectivity index (χ1) is 11.6. The zero-order valence-corrected chi connectivity index (χ0v) is 15.2. The molecule has 1 heterocycles. The van der Waals surface area contributed by atoms with Crippen molar-refractivity contribution in [2.75, 3.05) is 38.5 Å². The summed E-state index contributed by atoms with van der Waals surface area (Å²) in [5.41, 5.74) is 0.575. The zero-order chi connectivity index (χ0) is 17.4. The van der Waals surface area contributed by atoms with E-state index in [0.717, 1.165) is 38.4 Å². The predicted octanol–water partition coefficient (Wildman–Crippen LogP) is 2.97. The van der Waals surface area contributed by atoms with Crippen molar-refractivity contribution in [2.24, 2.45) is 5.92 Å². The van der Waals surface area contributed by atoms with Gasteiger partial charge in [-0.3, -0.25) is 9.69 Å². The van der Waals surface area contributed by atoms with Crippen molar-refractivity contribution in [3.05, 3.63) is 24.3 Å². The molecule has 1 aliphatic heterocycles. The third-order valence-corrected chi connectivity index (χ3v) is 4.24. The monoisotopic (exact) mass is 377 g/mol. The standard InChI is InChI=1S/C17H25F2N3O2.ClH/c1-20-9-6-13-7-10-22(11-8-13)12-16(23)21-14-2-4-15(5-3-14)24-17(18)19;/h2-5,13,17,20H,6-12H2,1H3,(H,21,23);1H. The molecule has 2 rings (SSSR count). The summed E-state index contributed by atoms with van der Waals surface area (Å²) in [4.78, 5) is 14.2. The molecule has 0 saturated carbocycles. The lowest BCUT2D eigenvalue weighted by Gasteiger charge is -2.31. The first-order valence-electron chi connectivity index (χ1n) is 8.28. The minimum Gasteiger partial charge on any atom is -0.435 e. The van der Waals surface area contributed by atoms with Crippen LogP contribution in [-0.2, 0) is 4.79 Å². The molecular formula is C17H26ClF2N3O2. The highest BCUT2D eigenvalue weighted by Gasteiger charge is 2.20. The van der Waals surface area contributed by atoms with Crippen LogP contribution < -0.4 is 15.4 Å². The van der Waals surface area contributed by atoms with E-state index in [2.05, 4.69) is 20.3 Å². The summed E-state index contributed by atoms with van der Waals surface area (Å²) in [7, 11) is 1.96. The number of carbonyl (C=O) groups is 1. The Labute approximate surface area is 153 Å². The van der Waals surface area contributed by atoms with Gasteiger partial charge in [-0.05, 0) is 76.1 Å². The average molecular weight is 378 g/mol. The largest absolute Gasteiger partial charge is 0.435 e. The number of anilines is 1. The van der Waals surface area contributed by atoms with Crippen LogP contribution >= 0.6 is 12.4 Å². The molecule has 1 aromatic rings. The van der Waals surface area contributed by atoms with Gasteiger partial charge in [0.15, 0.2) is 0 Å². The maximum Gasteiger partial charge on any atom is 0.387 e. The number of nitrogens with zero attached hydrogens (tertiary/aromatic N) is 1. The number of hydrogen-bond donors (Lipinski definition) is 2. The maximum atomic E-state index is 12.1. The second-order valence-corrected chi connectivity index (χ2v) is 6.06. The number of alkyl halides is 2. The van der Waals surface area contributed by atoms with E-state index < -0.39 is 6.61 Å². The predicted molar refractivity (Wildman–Crippen MR) is 96.7 cm³/mol. The maximum absolute atomic E-state index is 12.1. The highest BCUT2D eigenvalue weighted by Crippen LogP contribution is 2.20. The zero-order valence-electron chi connectivity index (χ0n) is 14.3. The molecule has 25 heavy (non-hydrogen) atoms. The van der Waals surface area contributed by atoms with Gasteiger partial charge < -0.3 is 15.4 Å². The summed E-state index contributed by atoms with van der Waals surface area (Å²) in [6, 6.07) is 5.93. The van der Waals surface area contributed by atoms with E-state index in [1.807, 2.05) is 7.05 Å². The number of piperidine rings is 1. The fraction of sp³-hybridized carbons (Fsp3) is 0.588. The Morgan fingerprint density at radius 3 is 2.48 bits per heavy atom. The van der Waals surface area contributed by atoms with Crippen molar-refractivity contribution in [1.29, 1.82) is 0 Å². The minimum atomic E-state index is -2.85. The molecule has 1 amide bonds. The molecule has 0 unspecified atom stereocenters. The van der Waals surface area contributed by atoms with Gasteiger partial charge in [0, 0.05) is 5.69 Å². The summed E-state index contributed by atoms with van der Waals surface area (Å²) < 4.78 is 28.4. The van der Waals surface area contributed by atoms with Gasteiger partial charge in [0.2, 0.25) is 5.91 Å². The molecule has 0 bridgehead atoms. The molecule has 5 nitrogen and oxygen atoms in total. The van der Waals surface area contributed by atoms with Crippen molar-refractivity contribution >= 4 is 24.0 Å². The molecule has 142 valence electrons. The van der Waals surface area contributed by atoms with Gasteiger partial charge in [0.1, 0.15) is 5.75 Å². The molecule has 1 fully saturated rings. The molecule has 8 heteroatoms. The van der Waals surface area contributed by atoms with Crippen molar-refractivity contribution in [2.45, 2.75) is 25.9 Å². The van der Waals surface area contributed by atoms with E-state index >= 15 is 0 Å². The van der Waals surface area contributed by atoms with Gasteiger partial charge in [-0.15, -0.1) is 12.4 Å². The minimum absolute atomic E-state index is 0. The van der Waals surface area contributed by atoms with Crippen LogP contribution in [0.15, 0.2) is 24.3 Å². The number of carbonyl (C=O) groups excluding carboxylic acids is 1. The third-order valence-electron chi connectivity index (χ3n) is 4.24. The molecule has 0 aromatic heterocycles. The van der Waals surface area contributed by atoms with E-state index in [4.69, 9.17) is 0 Å². The summed E-state index contributed by atoms with van der Waals surface area (Å²) in [5, 5.41) is 5.95. The van der Waals surface area contributed by atoms with Crippen LogP contribution in [-0.4, -0.2) is 50.6 Å². The fourth-order valence-electron chi connectivity index (χ4n) is 2.91. The molecule has 1 aliphatic rings. The molecular weight excluding hydrogens is 352 g/mol. The van der Waals surface area contributed by atoms with E-state index in [1.54, 1.807) is 12.1 Å². The highest BCUT2D eigenvalue weighted by atomic mass is 35.5. The first-order valence-corrected chi connectivity index (χ1v) is 8.28. The number of benzene rings is 1. The van der Waals surface area contributed by atoms with Gasteiger partial charge >= 0.3 is 6.61 Å². The number of rotatable bonds is 8. The smallest absolute Gasteiger partial charge is 0.387 e. The lowest BCUT2D eigenvalue weighted by molar-refractivity contribution is -0.117. The molecule has 0 spiro atoms.